The third-order valence-electron chi connectivity index (χ3n) is 3.73. The summed E-state index contributed by atoms with van der Waals surface area (Å²) in [5.41, 5.74) is 2.62. The quantitative estimate of drug-likeness (QED) is 0.542. The molecule has 0 aliphatic carbocycles. The first-order valence-electron chi connectivity index (χ1n) is 8.44. The van der Waals surface area contributed by atoms with Gasteiger partial charge in [0.05, 0.1) is 19.1 Å². The average molecular weight is 337 g/mol. The molecule has 3 nitrogen and oxygen atoms in total. The zero-order chi connectivity index (χ0) is 17.6. The second-order valence-corrected chi connectivity index (χ2v) is 10.2. The highest BCUT2D eigenvalue weighted by Crippen LogP contribution is 2.32. The van der Waals surface area contributed by atoms with Crippen molar-refractivity contribution in [2.24, 2.45) is 11.3 Å². The van der Waals surface area contributed by atoms with Gasteiger partial charge in [0.15, 0.2) is 9.04 Å². The van der Waals surface area contributed by atoms with Crippen molar-refractivity contribution in [2.45, 2.75) is 59.7 Å². The van der Waals surface area contributed by atoms with Crippen molar-refractivity contribution in [1.82, 2.24) is 0 Å². The summed E-state index contributed by atoms with van der Waals surface area (Å²) in [5, 5.41) is 0. The SMILES string of the molecule is COC(=O)C(C)Cc1ccc(C(CC(C)(C)C)O[SiH](C)C)cc1. The lowest BCUT2D eigenvalue weighted by molar-refractivity contribution is -0.144. The molecule has 1 aromatic rings. The first kappa shape index (κ1) is 19.9. The lowest BCUT2D eigenvalue weighted by Crippen LogP contribution is -2.20. The predicted octanol–water partition coefficient (Wildman–Crippen LogP) is 4.52. The van der Waals surface area contributed by atoms with Crippen molar-refractivity contribution in [3.05, 3.63) is 35.4 Å². The molecule has 0 N–H and O–H groups in total. The number of carbonyl (C=O) groups excluding carboxylic acids is 1. The normalized spacial score (nSPS) is 14.6. The van der Waals surface area contributed by atoms with Gasteiger partial charge < -0.3 is 9.16 Å². The van der Waals surface area contributed by atoms with E-state index in [1.807, 2.05) is 6.92 Å². The first-order chi connectivity index (χ1) is 10.6. The Hall–Kier alpha value is -1.13. The Labute approximate surface area is 143 Å². The highest BCUT2D eigenvalue weighted by atomic mass is 28.3. The smallest absolute Gasteiger partial charge is 0.308 e. The molecule has 4 heteroatoms. The van der Waals surface area contributed by atoms with Crippen LogP contribution >= 0.6 is 0 Å². The van der Waals surface area contributed by atoms with E-state index in [0.717, 1.165) is 12.0 Å². The Balaban J connectivity index is 2.83. The molecular formula is C19H32O3Si. The summed E-state index contributed by atoms with van der Waals surface area (Å²) in [5.74, 6) is -0.274. The van der Waals surface area contributed by atoms with Gasteiger partial charge in [-0.05, 0) is 42.5 Å². The summed E-state index contributed by atoms with van der Waals surface area (Å²) in [6.45, 7) is 13.1. The van der Waals surface area contributed by atoms with Crippen LogP contribution in [0.2, 0.25) is 13.1 Å². The summed E-state index contributed by atoms with van der Waals surface area (Å²) < 4.78 is 11.0. The van der Waals surface area contributed by atoms with Gasteiger partial charge in [-0.1, -0.05) is 52.0 Å². The second kappa shape index (κ2) is 8.64. The van der Waals surface area contributed by atoms with Crippen LogP contribution < -0.4 is 0 Å². The van der Waals surface area contributed by atoms with E-state index in [0.29, 0.717) is 6.42 Å². The average Bonchev–Trinajstić information content (AvgIpc) is 2.44. The predicted molar refractivity (Wildman–Crippen MR) is 98.1 cm³/mol. The molecule has 0 saturated carbocycles. The molecule has 0 spiro atoms. The van der Waals surface area contributed by atoms with Gasteiger partial charge in [0.25, 0.3) is 0 Å². The Morgan fingerprint density at radius 2 is 1.74 bits per heavy atom. The van der Waals surface area contributed by atoms with Gasteiger partial charge in [-0.15, -0.1) is 0 Å². The maximum absolute atomic E-state index is 11.5. The van der Waals surface area contributed by atoms with Crippen LogP contribution in [0.5, 0.6) is 0 Å². The first-order valence-corrected chi connectivity index (χ1v) is 11.2. The van der Waals surface area contributed by atoms with Crippen LogP contribution in [0.4, 0.5) is 0 Å². The minimum atomic E-state index is -1.10. The Morgan fingerprint density at radius 3 is 2.17 bits per heavy atom. The molecule has 2 atom stereocenters. The molecule has 1 rings (SSSR count). The molecule has 130 valence electrons. The molecule has 0 amide bonds. The molecule has 0 fully saturated rings. The number of ether oxygens (including phenoxy) is 1. The van der Waals surface area contributed by atoms with Crippen LogP contribution in [0.15, 0.2) is 24.3 Å². The molecule has 0 saturated heterocycles. The van der Waals surface area contributed by atoms with Gasteiger partial charge in [-0.25, -0.2) is 0 Å². The third kappa shape index (κ3) is 7.31. The van der Waals surface area contributed by atoms with E-state index in [4.69, 9.17) is 9.16 Å². The number of benzene rings is 1. The molecule has 0 aromatic heterocycles. The van der Waals surface area contributed by atoms with Gasteiger partial charge in [-0.2, -0.15) is 0 Å². The number of carbonyl (C=O) groups is 1. The van der Waals surface area contributed by atoms with E-state index in [1.54, 1.807) is 0 Å². The van der Waals surface area contributed by atoms with Gasteiger partial charge in [0.2, 0.25) is 0 Å². The van der Waals surface area contributed by atoms with Crippen molar-refractivity contribution in [2.75, 3.05) is 7.11 Å². The van der Waals surface area contributed by atoms with Crippen molar-refractivity contribution >= 4 is 15.0 Å². The molecule has 0 aliphatic rings. The minimum Gasteiger partial charge on any atom is -0.469 e. The molecule has 0 bridgehead atoms. The van der Waals surface area contributed by atoms with E-state index < -0.39 is 9.04 Å². The van der Waals surface area contributed by atoms with Crippen LogP contribution in [0.3, 0.4) is 0 Å². The summed E-state index contributed by atoms with van der Waals surface area (Å²) in [6, 6.07) is 8.50. The summed E-state index contributed by atoms with van der Waals surface area (Å²) >= 11 is 0. The Kier molecular flexibility index (Phi) is 7.48. The Morgan fingerprint density at radius 1 is 1.17 bits per heavy atom. The molecule has 0 aliphatic heterocycles. The molecular weight excluding hydrogens is 304 g/mol. The summed E-state index contributed by atoms with van der Waals surface area (Å²) in [7, 11) is 0.334. The summed E-state index contributed by atoms with van der Waals surface area (Å²) in [4.78, 5) is 11.5. The fourth-order valence-electron chi connectivity index (χ4n) is 2.64. The van der Waals surface area contributed by atoms with E-state index in [2.05, 4.69) is 58.1 Å². The largest absolute Gasteiger partial charge is 0.469 e. The number of hydrogen-bond acceptors (Lipinski definition) is 3. The van der Waals surface area contributed by atoms with E-state index >= 15 is 0 Å². The van der Waals surface area contributed by atoms with Crippen molar-refractivity contribution in [1.29, 1.82) is 0 Å². The molecule has 1 aromatic carbocycles. The maximum Gasteiger partial charge on any atom is 0.308 e. The summed E-state index contributed by atoms with van der Waals surface area (Å²) in [6.07, 6.45) is 1.88. The minimum absolute atomic E-state index is 0.115. The Bertz CT molecular complexity index is 488. The van der Waals surface area contributed by atoms with Crippen molar-refractivity contribution in [3.8, 4) is 0 Å². The molecule has 0 heterocycles. The lowest BCUT2D eigenvalue weighted by atomic mass is 9.86. The standard InChI is InChI=1S/C19H32O3Si/c1-14(18(20)21-5)12-15-8-10-16(11-9-15)17(22-23(6)7)13-19(2,3)4/h8-11,14,17,23H,12-13H2,1-7H3. The molecule has 0 radical (unpaired) electrons. The fraction of sp³-hybridized carbons (Fsp3) is 0.632. The zero-order valence-electron chi connectivity index (χ0n) is 15.7. The highest BCUT2D eigenvalue weighted by Gasteiger charge is 2.22. The fourth-order valence-corrected chi connectivity index (χ4v) is 3.55. The monoisotopic (exact) mass is 336 g/mol. The van der Waals surface area contributed by atoms with Crippen LogP contribution in [0.1, 0.15) is 51.3 Å². The van der Waals surface area contributed by atoms with Gasteiger partial charge in [-0.3, -0.25) is 4.79 Å². The van der Waals surface area contributed by atoms with Gasteiger partial charge in [0, 0.05) is 0 Å². The maximum atomic E-state index is 11.5. The third-order valence-corrected chi connectivity index (χ3v) is 4.60. The zero-order valence-corrected chi connectivity index (χ0v) is 16.8. The number of rotatable bonds is 7. The number of hydrogen-bond donors (Lipinski definition) is 0. The molecule has 2 unspecified atom stereocenters. The van der Waals surface area contributed by atoms with Gasteiger partial charge in [0.1, 0.15) is 0 Å². The van der Waals surface area contributed by atoms with Crippen LogP contribution in [0, 0.1) is 11.3 Å². The molecule has 23 heavy (non-hydrogen) atoms. The van der Waals surface area contributed by atoms with Crippen molar-refractivity contribution < 1.29 is 14.0 Å². The lowest BCUT2D eigenvalue weighted by Gasteiger charge is -2.28. The second-order valence-electron chi connectivity index (χ2n) is 7.81. The van der Waals surface area contributed by atoms with Gasteiger partial charge >= 0.3 is 5.97 Å². The van der Waals surface area contributed by atoms with E-state index in [-0.39, 0.29) is 23.4 Å². The number of methoxy groups -OCH3 is 1. The van der Waals surface area contributed by atoms with Crippen LogP contribution in [-0.2, 0) is 20.4 Å². The highest BCUT2D eigenvalue weighted by molar-refractivity contribution is 6.48. The van der Waals surface area contributed by atoms with E-state index in [1.165, 1.54) is 12.7 Å². The number of esters is 1. The van der Waals surface area contributed by atoms with Crippen LogP contribution in [-0.4, -0.2) is 22.1 Å². The van der Waals surface area contributed by atoms with Crippen LogP contribution in [0.25, 0.3) is 0 Å². The topological polar surface area (TPSA) is 35.5 Å². The van der Waals surface area contributed by atoms with E-state index in [9.17, 15) is 4.79 Å². The van der Waals surface area contributed by atoms with Crippen molar-refractivity contribution in [3.63, 3.8) is 0 Å².